The summed E-state index contributed by atoms with van der Waals surface area (Å²) in [7, 11) is 0. The van der Waals surface area contributed by atoms with Crippen LogP contribution in [0.2, 0.25) is 0 Å². The minimum absolute atomic E-state index is 0.225. The maximum absolute atomic E-state index is 13.8. The van der Waals surface area contributed by atoms with Gasteiger partial charge >= 0.3 is 23.9 Å². The van der Waals surface area contributed by atoms with Gasteiger partial charge in [0.15, 0.2) is 0 Å². The molecule has 16 N–H and O–H groups in total. The smallest absolute Gasteiger partial charge is 0.303 e. The highest BCUT2D eigenvalue weighted by atomic mass is 16.4. The van der Waals surface area contributed by atoms with Gasteiger partial charge in [0.25, 0.3) is 0 Å². The third-order valence-electron chi connectivity index (χ3n) is 13.5. The van der Waals surface area contributed by atoms with Gasteiger partial charge in [0.2, 0.25) is 65.0 Å². The summed E-state index contributed by atoms with van der Waals surface area (Å²) in [6.07, 6.45) is 9.33. The van der Waals surface area contributed by atoms with Gasteiger partial charge in [0.1, 0.15) is 48.3 Å². The van der Waals surface area contributed by atoms with Gasteiger partial charge in [-0.3, -0.25) is 71.9 Å². The van der Waals surface area contributed by atoms with Crippen LogP contribution in [0.1, 0.15) is 190 Å². The first kappa shape index (κ1) is 78.0. The molecule has 0 aliphatic heterocycles. The molecule has 11 amide bonds. The molecule has 0 spiro atoms. The first-order valence-corrected chi connectivity index (χ1v) is 29.5. The highest BCUT2D eigenvalue weighted by Gasteiger charge is 2.35. The van der Waals surface area contributed by atoms with Crippen molar-refractivity contribution in [3.63, 3.8) is 0 Å². The molecule has 0 aliphatic carbocycles. The molecule has 0 aromatic heterocycles. The Bertz CT molecular complexity index is 2280. The number of amides is 11. The first-order chi connectivity index (χ1) is 40.4. The van der Waals surface area contributed by atoms with E-state index in [4.69, 9.17) is 5.73 Å². The number of carbonyl (C=O) groups is 15. The zero-order chi connectivity index (χ0) is 65.5. The second kappa shape index (κ2) is 43.6. The van der Waals surface area contributed by atoms with E-state index < -0.39 is 202 Å². The molecule has 0 bridgehead atoms. The van der Waals surface area contributed by atoms with Crippen molar-refractivity contribution in [2.75, 3.05) is 13.1 Å². The topological polar surface area (TPSA) is 483 Å². The molecule has 8 atom stereocenters. The summed E-state index contributed by atoms with van der Waals surface area (Å²) in [6.45, 7) is 10.1. The Labute approximate surface area is 501 Å². The van der Waals surface area contributed by atoms with Crippen LogP contribution in [0.4, 0.5) is 0 Å². The number of carboxylic acid groups (broad SMARTS) is 4. The van der Waals surface area contributed by atoms with Gasteiger partial charge < -0.3 is 79.3 Å². The monoisotopic (exact) mass is 1230 g/mol. The highest BCUT2D eigenvalue weighted by molar-refractivity contribution is 5.99. The van der Waals surface area contributed by atoms with Crippen LogP contribution in [0, 0.1) is 11.8 Å². The fourth-order valence-electron chi connectivity index (χ4n) is 8.43. The summed E-state index contributed by atoms with van der Waals surface area (Å²) in [5.74, 6) is -17.2. The van der Waals surface area contributed by atoms with E-state index in [1.54, 1.807) is 27.7 Å². The maximum atomic E-state index is 13.8. The molecular formula is C56H95N11O19. The summed E-state index contributed by atoms with van der Waals surface area (Å²) >= 11 is 0. The number of unbranched alkanes of at least 4 members (excludes halogenated alkanes) is 12. The van der Waals surface area contributed by atoms with Gasteiger partial charge in [0.05, 0.1) is 13.1 Å². The summed E-state index contributed by atoms with van der Waals surface area (Å²) in [5, 5.41) is 60.9. The van der Waals surface area contributed by atoms with Gasteiger partial charge in [-0.1, -0.05) is 112 Å². The minimum Gasteiger partial charge on any atom is -0.481 e. The Morgan fingerprint density at radius 3 is 1.00 bits per heavy atom. The Morgan fingerprint density at radius 2 is 0.640 bits per heavy atom. The number of hydrogen-bond acceptors (Lipinski definition) is 15. The van der Waals surface area contributed by atoms with Crippen LogP contribution >= 0.6 is 0 Å². The van der Waals surface area contributed by atoms with E-state index in [-0.39, 0.29) is 18.2 Å². The number of carbonyl (C=O) groups excluding carboxylic acids is 11. The molecule has 0 fully saturated rings. The quantitative estimate of drug-likeness (QED) is 0.0353. The number of aliphatic carboxylic acids is 4. The molecule has 0 aromatic carbocycles. The van der Waals surface area contributed by atoms with E-state index in [1.165, 1.54) is 65.2 Å². The SMILES string of the molecule is CCCCCCCCCCCCCCCC(=O)N[C@H](C(=O)N[C@H](C(=O)N[C@@H](C)C(=O)N[C@@H](C)C(=O)N[C@@H](CCC(=O)O)C(=O)N[C@@H](CCC(=O)O)C(=O)N[C@@H](CCC(=O)O)C(=O)N[C@@H](CCC(=O)O)C(=O)NCC(=O)NCC(N)=O)C(C)C)C(C)C. The second-order valence-corrected chi connectivity index (χ2v) is 21.9. The predicted octanol–water partition coefficient (Wildman–Crippen LogP) is -0.125. The number of rotatable bonds is 48. The molecule has 0 heterocycles. The average Bonchev–Trinajstić information content (AvgIpc) is 3.07. The van der Waals surface area contributed by atoms with Gasteiger partial charge in [-0.2, -0.15) is 0 Å². The number of primary amides is 1. The van der Waals surface area contributed by atoms with Crippen molar-refractivity contribution in [2.45, 2.75) is 238 Å². The molecule has 0 radical (unpaired) electrons. The van der Waals surface area contributed by atoms with Crippen molar-refractivity contribution < 1.29 is 92.3 Å². The third-order valence-corrected chi connectivity index (χ3v) is 13.5. The largest absolute Gasteiger partial charge is 0.481 e. The molecular weight excluding hydrogens is 1130 g/mol. The average molecular weight is 1230 g/mol. The lowest BCUT2D eigenvalue weighted by atomic mass is 9.99. The van der Waals surface area contributed by atoms with Gasteiger partial charge in [-0.25, -0.2) is 0 Å². The van der Waals surface area contributed by atoms with E-state index in [2.05, 4.69) is 60.1 Å². The Morgan fingerprint density at radius 1 is 0.326 bits per heavy atom. The van der Waals surface area contributed by atoms with Crippen molar-refractivity contribution in [1.29, 1.82) is 0 Å². The molecule has 86 heavy (non-hydrogen) atoms. The molecule has 0 saturated carbocycles. The molecule has 30 nitrogen and oxygen atoms in total. The van der Waals surface area contributed by atoms with Crippen molar-refractivity contribution in [1.82, 2.24) is 53.2 Å². The fraction of sp³-hybridized carbons (Fsp3) is 0.732. The minimum atomic E-state index is -1.90. The summed E-state index contributed by atoms with van der Waals surface area (Å²) in [6, 6.07) is -12.3. The number of nitrogens with two attached hydrogens (primary N) is 1. The zero-order valence-corrected chi connectivity index (χ0v) is 50.7. The predicted molar refractivity (Wildman–Crippen MR) is 309 cm³/mol. The lowest BCUT2D eigenvalue weighted by molar-refractivity contribution is -0.140. The van der Waals surface area contributed by atoms with Crippen molar-refractivity contribution >= 4 is 88.9 Å². The normalized spacial score (nSPS) is 13.8. The maximum Gasteiger partial charge on any atom is 0.303 e. The van der Waals surface area contributed by atoms with Gasteiger partial charge in [0, 0.05) is 32.1 Å². The van der Waals surface area contributed by atoms with Crippen LogP contribution in [-0.4, -0.2) is 171 Å². The van der Waals surface area contributed by atoms with Crippen LogP contribution in [0.3, 0.4) is 0 Å². The molecule has 488 valence electrons. The van der Waals surface area contributed by atoms with Crippen LogP contribution in [0.15, 0.2) is 0 Å². The van der Waals surface area contributed by atoms with Crippen LogP contribution in [0.5, 0.6) is 0 Å². The third kappa shape index (κ3) is 36.0. The Hall–Kier alpha value is -7.95. The summed E-state index contributed by atoms with van der Waals surface area (Å²) in [5.41, 5.74) is 4.97. The molecule has 0 unspecified atom stereocenters. The van der Waals surface area contributed by atoms with E-state index in [1.807, 2.05) is 0 Å². The molecule has 0 aliphatic rings. The summed E-state index contributed by atoms with van der Waals surface area (Å²) in [4.78, 5) is 191. The highest BCUT2D eigenvalue weighted by Crippen LogP contribution is 2.15. The standard InChI is InChI=1S/C56H95N11O19/c1-8-9-10-11-12-13-14-15-16-17-18-19-20-21-41(69)66-47(32(2)3)56(86)67-48(33(4)5)55(85)61-34(6)49(79)60-35(7)50(80)62-37(23-27-44(73)74)52(82)64-39(25-29-46(77)78)54(84)65-38(24-28-45(75)76)53(83)63-36(22-26-43(71)72)51(81)59-31-42(70)58-30-40(57)68/h32-39,47-48H,8-31H2,1-7H3,(H2,57,68)(H,58,70)(H,59,81)(H,60,79)(H,61,85)(H,62,80)(H,63,83)(H,64,82)(H,65,84)(H,66,69)(H,67,86)(H,71,72)(H,73,74)(H,75,76)(H,77,78)/t34-,35-,36-,37-,38-,39-,47-,48-/m0/s1. The number of hydrogen-bond donors (Lipinski definition) is 15. The zero-order valence-electron chi connectivity index (χ0n) is 50.7. The second-order valence-electron chi connectivity index (χ2n) is 21.9. The van der Waals surface area contributed by atoms with Crippen molar-refractivity contribution in [3.8, 4) is 0 Å². The van der Waals surface area contributed by atoms with Gasteiger partial charge in [-0.05, 0) is 57.8 Å². The van der Waals surface area contributed by atoms with E-state index in [9.17, 15) is 92.3 Å². The van der Waals surface area contributed by atoms with Crippen LogP contribution in [-0.2, 0) is 71.9 Å². The van der Waals surface area contributed by atoms with E-state index in [0.717, 1.165) is 25.7 Å². The number of carboxylic acids is 4. The molecule has 0 aromatic rings. The van der Waals surface area contributed by atoms with Gasteiger partial charge in [-0.15, -0.1) is 0 Å². The number of nitrogens with one attached hydrogen (secondary N) is 10. The van der Waals surface area contributed by atoms with Crippen LogP contribution in [0.25, 0.3) is 0 Å². The Kier molecular flexibility index (Phi) is 39.6. The molecule has 0 saturated heterocycles. The lowest BCUT2D eigenvalue weighted by Crippen LogP contribution is -2.60. The molecule has 30 heteroatoms. The first-order valence-electron chi connectivity index (χ1n) is 29.5. The van der Waals surface area contributed by atoms with Crippen molar-refractivity contribution in [2.24, 2.45) is 17.6 Å². The lowest BCUT2D eigenvalue weighted by Gasteiger charge is -2.28. The summed E-state index contributed by atoms with van der Waals surface area (Å²) < 4.78 is 0. The van der Waals surface area contributed by atoms with Crippen molar-refractivity contribution in [3.05, 3.63) is 0 Å². The molecule has 0 rings (SSSR count). The van der Waals surface area contributed by atoms with Crippen LogP contribution < -0.4 is 58.9 Å². The van der Waals surface area contributed by atoms with E-state index >= 15 is 0 Å². The Balaban J connectivity index is 6.01. The fourth-order valence-corrected chi connectivity index (χ4v) is 8.43. The van der Waals surface area contributed by atoms with E-state index in [0.29, 0.717) is 6.42 Å².